The van der Waals surface area contributed by atoms with E-state index >= 15 is 0 Å². The molecule has 3 heterocycles. The minimum Gasteiger partial charge on any atom is -0.472 e. The summed E-state index contributed by atoms with van der Waals surface area (Å²) in [5.74, 6) is 0.770. The second kappa shape index (κ2) is 9.49. The Hall–Kier alpha value is -1.96. The van der Waals surface area contributed by atoms with E-state index in [4.69, 9.17) is 9.26 Å². The van der Waals surface area contributed by atoms with Gasteiger partial charge >= 0.3 is 5.91 Å². The Kier molecular flexibility index (Phi) is 6.89. The summed E-state index contributed by atoms with van der Waals surface area (Å²) < 4.78 is 63.0. The van der Waals surface area contributed by atoms with Gasteiger partial charge in [0.25, 0.3) is 15.9 Å². The van der Waals surface area contributed by atoms with Crippen molar-refractivity contribution >= 4 is 49.3 Å². The number of sulfonamides is 1. The van der Waals surface area contributed by atoms with Gasteiger partial charge in [-0.25, -0.2) is 21.6 Å². The first-order valence-electron chi connectivity index (χ1n) is 9.67. The molecule has 1 aromatic heterocycles. The first-order chi connectivity index (χ1) is 15.3. The average Bonchev–Trinajstić information content (AvgIpc) is 3.46. The fourth-order valence-electron chi connectivity index (χ4n) is 3.15. The highest BCUT2D eigenvalue weighted by atomic mass is 32.3. The van der Waals surface area contributed by atoms with Crippen LogP contribution in [-0.4, -0.2) is 56.5 Å². The van der Waals surface area contributed by atoms with Gasteiger partial charge in [-0.2, -0.15) is 11.8 Å². The van der Waals surface area contributed by atoms with Crippen LogP contribution in [0.1, 0.15) is 23.4 Å². The molecule has 1 saturated heterocycles. The summed E-state index contributed by atoms with van der Waals surface area (Å²) in [4.78, 5) is 12.5. The Morgan fingerprint density at radius 1 is 1.12 bits per heavy atom. The van der Waals surface area contributed by atoms with E-state index in [-0.39, 0.29) is 32.6 Å². The molecule has 1 atom stereocenters. The highest BCUT2D eigenvalue weighted by molar-refractivity contribution is 8.19. The molecule has 2 aliphatic heterocycles. The third-order valence-electron chi connectivity index (χ3n) is 4.84. The van der Waals surface area contributed by atoms with Crippen LogP contribution >= 0.6 is 23.5 Å². The molecule has 2 aromatic rings. The number of amides is 1. The van der Waals surface area contributed by atoms with E-state index < -0.39 is 31.0 Å². The van der Waals surface area contributed by atoms with Crippen LogP contribution in [-0.2, 0) is 19.9 Å². The second-order valence-corrected chi connectivity index (χ2v) is 13.4. The quantitative estimate of drug-likeness (QED) is 0.585. The fourth-order valence-corrected chi connectivity index (χ4v) is 8.93. The Balaban J connectivity index is 1.43. The number of hydrogen-bond donors (Lipinski definition) is 1. The number of aromatic nitrogens is 1. The molecule has 1 aromatic carbocycles. The molecule has 172 valence electrons. The molecule has 0 aliphatic carbocycles. The van der Waals surface area contributed by atoms with Gasteiger partial charge in [0.05, 0.1) is 16.2 Å². The molecule has 0 spiro atoms. The standard InChI is InChI=1S/C19H20N2O7S4/c22-19(16-11-17(20-28-16)27-13-6-8-29-9-7-13)21-32(25,26)18-10-15(12-30-18)31(23,24)14-4-2-1-3-5-14/h1-5,10-11,13,15H,6-9,12H2,(H,21,22). The fraction of sp³-hybridized carbons (Fsp3) is 0.368. The molecule has 0 bridgehead atoms. The Morgan fingerprint density at radius 3 is 2.56 bits per heavy atom. The highest BCUT2D eigenvalue weighted by Gasteiger charge is 2.36. The van der Waals surface area contributed by atoms with E-state index in [0.29, 0.717) is 0 Å². The zero-order valence-corrected chi connectivity index (χ0v) is 19.9. The van der Waals surface area contributed by atoms with Crippen LogP contribution in [0.2, 0.25) is 0 Å². The van der Waals surface area contributed by atoms with E-state index in [2.05, 4.69) is 5.16 Å². The molecule has 1 unspecified atom stereocenters. The van der Waals surface area contributed by atoms with Crippen LogP contribution < -0.4 is 9.46 Å². The molecule has 1 N–H and O–H groups in total. The van der Waals surface area contributed by atoms with Crippen molar-refractivity contribution < 1.29 is 30.9 Å². The number of hydrogen-bond acceptors (Lipinski definition) is 10. The number of sulfone groups is 1. The van der Waals surface area contributed by atoms with E-state index in [1.807, 2.05) is 16.5 Å². The number of benzene rings is 1. The third kappa shape index (κ3) is 5.16. The van der Waals surface area contributed by atoms with Gasteiger partial charge in [0.2, 0.25) is 5.76 Å². The molecule has 13 heteroatoms. The lowest BCUT2D eigenvalue weighted by atomic mass is 10.2. The van der Waals surface area contributed by atoms with Crippen molar-refractivity contribution in [3.05, 3.63) is 52.5 Å². The maximum Gasteiger partial charge on any atom is 0.303 e. The molecule has 0 radical (unpaired) electrons. The smallest absolute Gasteiger partial charge is 0.303 e. The van der Waals surface area contributed by atoms with Crippen molar-refractivity contribution in [3.8, 4) is 5.88 Å². The lowest BCUT2D eigenvalue weighted by Crippen LogP contribution is -2.30. The molecule has 2 aliphatic rings. The molecular formula is C19H20N2O7S4. The summed E-state index contributed by atoms with van der Waals surface area (Å²) in [6, 6.07) is 9.04. The SMILES string of the molecule is O=C(NS(=O)(=O)C1=CC(S(=O)(=O)c2ccccc2)CS1)c1cc(OC2CCSCC2)no1. The van der Waals surface area contributed by atoms with Crippen molar-refractivity contribution in [2.45, 2.75) is 29.1 Å². The van der Waals surface area contributed by atoms with Crippen molar-refractivity contribution in [1.82, 2.24) is 9.88 Å². The van der Waals surface area contributed by atoms with Gasteiger partial charge in [0.15, 0.2) is 9.84 Å². The van der Waals surface area contributed by atoms with E-state index in [0.717, 1.165) is 42.2 Å². The molecular weight excluding hydrogens is 496 g/mol. The number of carbonyl (C=O) groups excluding carboxylic acids is 1. The Labute approximate surface area is 194 Å². The van der Waals surface area contributed by atoms with E-state index in [1.54, 1.807) is 18.2 Å². The summed E-state index contributed by atoms with van der Waals surface area (Å²) in [5.41, 5.74) is 0. The molecule has 9 nitrogen and oxygen atoms in total. The first-order valence-corrected chi connectivity index (χ1v) is 14.8. The number of nitrogens with zero attached hydrogens (tertiary/aromatic N) is 1. The summed E-state index contributed by atoms with van der Waals surface area (Å²) in [7, 11) is -8.02. The Bertz CT molecular complexity index is 1220. The van der Waals surface area contributed by atoms with Crippen LogP contribution in [0.5, 0.6) is 5.88 Å². The zero-order chi connectivity index (χ0) is 22.8. The number of ether oxygens (including phenoxy) is 1. The average molecular weight is 517 g/mol. The minimum absolute atomic E-state index is 0.0236. The van der Waals surface area contributed by atoms with Crippen LogP contribution in [0.3, 0.4) is 0 Å². The summed E-state index contributed by atoms with van der Waals surface area (Å²) >= 11 is 2.69. The topological polar surface area (TPSA) is 133 Å². The van der Waals surface area contributed by atoms with E-state index in [9.17, 15) is 21.6 Å². The van der Waals surface area contributed by atoms with Crippen LogP contribution in [0, 0.1) is 0 Å². The maximum absolute atomic E-state index is 12.7. The molecule has 1 amide bonds. The summed E-state index contributed by atoms with van der Waals surface area (Å²) in [6.07, 6.45) is 2.83. The molecule has 0 saturated carbocycles. The normalized spacial score (nSPS) is 20.0. The largest absolute Gasteiger partial charge is 0.472 e. The molecule has 1 fully saturated rings. The number of thioether (sulfide) groups is 2. The zero-order valence-electron chi connectivity index (χ0n) is 16.7. The van der Waals surface area contributed by atoms with Crippen molar-refractivity contribution in [3.63, 3.8) is 0 Å². The van der Waals surface area contributed by atoms with Gasteiger partial charge in [-0.1, -0.05) is 18.2 Å². The van der Waals surface area contributed by atoms with Crippen molar-refractivity contribution in [1.29, 1.82) is 0 Å². The van der Waals surface area contributed by atoms with Gasteiger partial charge in [-0.3, -0.25) is 4.79 Å². The van der Waals surface area contributed by atoms with Crippen LogP contribution in [0.4, 0.5) is 0 Å². The highest BCUT2D eigenvalue weighted by Crippen LogP contribution is 2.34. The summed E-state index contributed by atoms with van der Waals surface area (Å²) in [6.45, 7) is 0. The summed E-state index contributed by atoms with van der Waals surface area (Å²) in [5, 5.41) is 2.66. The number of carbonyl (C=O) groups is 1. The third-order valence-corrected chi connectivity index (χ3v) is 11.2. The predicted molar refractivity (Wildman–Crippen MR) is 122 cm³/mol. The lowest BCUT2D eigenvalue weighted by Gasteiger charge is -2.20. The lowest BCUT2D eigenvalue weighted by molar-refractivity contribution is 0.0945. The van der Waals surface area contributed by atoms with Crippen LogP contribution in [0.25, 0.3) is 0 Å². The minimum atomic E-state index is -4.27. The monoisotopic (exact) mass is 516 g/mol. The molecule has 32 heavy (non-hydrogen) atoms. The maximum atomic E-state index is 12.7. The van der Waals surface area contributed by atoms with Gasteiger partial charge < -0.3 is 9.26 Å². The number of nitrogens with one attached hydrogen (secondary N) is 1. The number of rotatable bonds is 7. The van der Waals surface area contributed by atoms with Gasteiger partial charge in [0, 0.05) is 5.75 Å². The second-order valence-electron chi connectivity index (χ2n) is 7.09. The van der Waals surface area contributed by atoms with Gasteiger partial charge in [-0.05, 0) is 47.7 Å². The van der Waals surface area contributed by atoms with Crippen molar-refractivity contribution in [2.75, 3.05) is 17.3 Å². The predicted octanol–water partition coefficient (Wildman–Crippen LogP) is 2.44. The van der Waals surface area contributed by atoms with Gasteiger partial charge in [-0.15, -0.1) is 11.8 Å². The first kappa shape index (κ1) is 23.2. The van der Waals surface area contributed by atoms with E-state index in [1.165, 1.54) is 18.2 Å². The van der Waals surface area contributed by atoms with Crippen LogP contribution in [0.15, 0.2) is 56.1 Å². The Morgan fingerprint density at radius 2 is 1.84 bits per heavy atom. The van der Waals surface area contributed by atoms with Gasteiger partial charge in [0.1, 0.15) is 10.3 Å². The molecule has 4 rings (SSSR count). The van der Waals surface area contributed by atoms with Crippen molar-refractivity contribution in [2.24, 2.45) is 0 Å².